The maximum absolute atomic E-state index is 7.56. The predicted molar refractivity (Wildman–Crippen MR) is 118 cm³/mol. The van der Waals surface area contributed by atoms with E-state index in [1.807, 2.05) is 30.3 Å². The van der Waals surface area contributed by atoms with Crippen molar-refractivity contribution in [3.63, 3.8) is 0 Å². The number of benzene rings is 3. The summed E-state index contributed by atoms with van der Waals surface area (Å²) in [6.07, 6.45) is 2.30. The summed E-state index contributed by atoms with van der Waals surface area (Å²) in [4.78, 5) is 2.23. The Bertz CT molecular complexity index is 907. The lowest BCUT2D eigenvalue weighted by atomic mass is 9.95. The lowest BCUT2D eigenvalue weighted by Gasteiger charge is -2.26. The zero-order valence-electron chi connectivity index (χ0n) is 16.8. The first kappa shape index (κ1) is 19.7. The Labute approximate surface area is 168 Å². The first-order valence-corrected chi connectivity index (χ1v) is 9.73. The smallest absolute Gasteiger partial charge is 0.128 e. The Morgan fingerprint density at radius 1 is 0.893 bits per heavy atom. The summed E-state index contributed by atoms with van der Waals surface area (Å²) in [5, 5.41) is 7.56. The van der Waals surface area contributed by atoms with Crippen LogP contribution in [0.5, 0.6) is 5.75 Å². The van der Waals surface area contributed by atoms with E-state index in [4.69, 9.17) is 10.1 Å². The first-order chi connectivity index (χ1) is 13.6. The van der Waals surface area contributed by atoms with E-state index >= 15 is 0 Å². The van der Waals surface area contributed by atoms with Crippen molar-refractivity contribution in [1.82, 2.24) is 0 Å². The van der Waals surface area contributed by atoms with Gasteiger partial charge in [-0.2, -0.15) is 0 Å². The minimum absolute atomic E-state index is 0.0381. The van der Waals surface area contributed by atoms with Crippen molar-refractivity contribution in [2.45, 2.75) is 26.4 Å². The van der Waals surface area contributed by atoms with Crippen molar-refractivity contribution >= 4 is 17.6 Å². The summed E-state index contributed by atoms with van der Waals surface area (Å²) in [5.74, 6) is 1.09. The van der Waals surface area contributed by atoms with E-state index in [1.54, 1.807) is 0 Å². The minimum atomic E-state index is 0.0381. The molecular weight excluding hydrogens is 344 g/mol. The van der Waals surface area contributed by atoms with E-state index < -0.39 is 0 Å². The van der Waals surface area contributed by atoms with Crippen molar-refractivity contribution in [3.8, 4) is 5.75 Å². The Kier molecular flexibility index (Phi) is 6.49. The lowest BCUT2D eigenvalue weighted by molar-refractivity contribution is 0.160. The van der Waals surface area contributed by atoms with E-state index in [2.05, 4.69) is 74.3 Å². The van der Waals surface area contributed by atoms with Crippen molar-refractivity contribution in [2.75, 3.05) is 11.9 Å². The molecule has 3 aromatic rings. The molecule has 0 heterocycles. The zero-order chi connectivity index (χ0) is 19.9. The van der Waals surface area contributed by atoms with Crippen LogP contribution in [0.3, 0.4) is 0 Å². The van der Waals surface area contributed by atoms with E-state index in [0.717, 1.165) is 17.7 Å². The van der Waals surface area contributed by atoms with Crippen molar-refractivity contribution in [3.05, 3.63) is 90.0 Å². The van der Waals surface area contributed by atoms with Crippen molar-refractivity contribution in [1.29, 1.82) is 5.41 Å². The lowest BCUT2D eigenvalue weighted by Crippen LogP contribution is -2.24. The summed E-state index contributed by atoms with van der Waals surface area (Å²) >= 11 is 0. The fraction of sp³-hybridized carbons (Fsp3) is 0.240. The molecule has 28 heavy (non-hydrogen) atoms. The van der Waals surface area contributed by atoms with Gasteiger partial charge in [-0.15, -0.1) is 0 Å². The van der Waals surface area contributed by atoms with E-state index in [1.165, 1.54) is 23.2 Å². The molecule has 3 heteroatoms. The van der Waals surface area contributed by atoms with Crippen LogP contribution in [0, 0.1) is 11.3 Å². The van der Waals surface area contributed by atoms with Crippen LogP contribution in [0.1, 0.15) is 25.0 Å². The quantitative estimate of drug-likeness (QED) is 0.485. The monoisotopic (exact) mass is 372 g/mol. The third-order valence-corrected chi connectivity index (χ3v) is 5.23. The molecule has 0 aliphatic carbocycles. The van der Waals surface area contributed by atoms with Crippen molar-refractivity contribution in [2.24, 2.45) is 5.92 Å². The second kappa shape index (κ2) is 9.23. The average molecular weight is 373 g/mol. The van der Waals surface area contributed by atoms with Crippen molar-refractivity contribution < 1.29 is 4.74 Å². The van der Waals surface area contributed by atoms with Crippen LogP contribution in [0.15, 0.2) is 78.9 Å². The molecule has 2 atom stereocenters. The van der Waals surface area contributed by atoms with Gasteiger partial charge in [0.05, 0.1) is 6.10 Å². The molecule has 0 aliphatic rings. The van der Waals surface area contributed by atoms with E-state index in [0.29, 0.717) is 5.92 Å². The van der Waals surface area contributed by atoms with Crippen LogP contribution in [0.4, 0.5) is 11.4 Å². The first-order valence-electron chi connectivity index (χ1n) is 9.73. The van der Waals surface area contributed by atoms with Gasteiger partial charge in [0.1, 0.15) is 5.75 Å². The summed E-state index contributed by atoms with van der Waals surface area (Å²) in [6.45, 7) is 4.33. The third-order valence-electron chi connectivity index (χ3n) is 5.23. The molecule has 0 bridgehead atoms. The van der Waals surface area contributed by atoms with Gasteiger partial charge in [-0.05, 0) is 55.2 Å². The van der Waals surface area contributed by atoms with E-state index in [-0.39, 0.29) is 6.10 Å². The highest BCUT2D eigenvalue weighted by atomic mass is 16.5. The van der Waals surface area contributed by atoms with Crippen LogP contribution in [-0.2, 0) is 6.42 Å². The van der Waals surface area contributed by atoms with Gasteiger partial charge in [0.15, 0.2) is 0 Å². The summed E-state index contributed by atoms with van der Waals surface area (Å²) in [6, 6.07) is 26.7. The Morgan fingerprint density at radius 2 is 1.54 bits per heavy atom. The fourth-order valence-corrected chi connectivity index (χ4v) is 3.34. The maximum Gasteiger partial charge on any atom is 0.128 e. The van der Waals surface area contributed by atoms with Gasteiger partial charge in [0.25, 0.3) is 0 Å². The topological polar surface area (TPSA) is 36.3 Å². The van der Waals surface area contributed by atoms with Crippen LogP contribution < -0.4 is 9.64 Å². The number of nitrogens with zero attached hydrogens (tertiary/aromatic N) is 1. The number of para-hydroxylation sites is 3. The van der Waals surface area contributed by atoms with Crippen LogP contribution in [0.2, 0.25) is 0 Å². The molecule has 0 aliphatic heterocycles. The molecule has 3 nitrogen and oxygen atoms in total. The molecule has 0 saturated carbocycles. The van der Waals surface area contributed by atoms with Gasteiger partial charge in [0.2, 0.25) is 0 Å². The Morgan fingerprint density at radius 3 is 2.29 bits per heavy atom. The Balaban J connectivity index is 1.75. The molecule has 0 radical (unpaired) electrons. The van der Waals surface area contributed by atoms with Crippen LogP contribution >= 0.6 is 0 Å². The molecular formula is C25H28N2O. The standard InChI is InChI=1S/C25H28N2O/c1-19(20(2)28-25-16-10-8-12-22(25)18-26)17-21-11-7-9-15-24(21)27(3)23-13-5-4-6-14-23/h4-16,18-20,26H,17H2,1-3H3/t19?,20-/m1/s1. The molecule has 0 spiro atoms. The van der Waals surface area contributed by atoms with Gasteiger partial charge < -0.3 is 15.0 Å². The number of ether oxygens (including phenoxy) is 1. The van der Waals surface area contributed by atoms with Gasteiger partial charge in [-0.1, -0.05) is 55.5 Å². The van der Waals surface area contributed by atoms with Gasteiger partial charge in [-0.3, -0.25) is 0 Å². The highest BCUT2D eigenvalue weighted by molar-refractivity contribution is 5.81. The van der Waals surface area contributed by atoms with Gasteiger partial charge in [0, 0.05) is 30.2 Å². The highest BCUT2D eigenvalue weighted by Gasteiger charge is 2.18. The third kappa shape index (κ3) is 4.61. The highest BCUT2D eigenvalue weighted by Crippen LogP contribution is 2.30. The van der Waals surface area contributed by atoms with Crippen LogP contribution in [0.25, 0.3) is 0 Å². The molecule has 144 valence electrons. The Hall–Kier alpha value is -3.07. The summed E-state index contributed by atoms with van der Waals surface area (Å²) in [7, 11) is 2.11. The fourth-order valence-electron chi connectivity index (χ4n) is 3.34. The average Bonchev–Trinajstić information content (AvgIpc) is 2.74. The predicted octanol–water partition coefficient (Wildman–Crippen LogP) is 6.10. The number of hydrogen-bond donors (Lipinski definition) is 1. The number of anilines is 2. The number of nitrogens with one attached hydrogen (secondary N) is 1. The van der Waals surface area contributed by atoms with E-state index in [9.17, 15) is 0 Å². The van der Waals surface area contributed by atoms with Gasteiger partial charge in [-0.25, -0.2) is 0 Å². The SMILES string of the molecule is CC(Cc1ccccc1N(C)c1ccccc1)[C@@H](C)Oc1ccccc1C=N. The van der Waals surface area contributed by atoms with Gasteiger partial charge >= 0.3 is 0 Å². The molecule has 0 fully saturated rings. The molecule has 0 saturated heterocycles. The number of rotatable bonds is 8. The normalized spacial score (nSPS) is 12.8. The zero-order valence-corrected chi connectivity index (χ0v) is 16.8. The largest absolute Gasteiger partial charge is 0.490 e. The molecule has 0 amide bonds. The minimum Gasteiger partial charge on any atom is -0.490 e. The second-order valence-electron chi connectivity index (χ2n) is 7.21. The molecule has 1 N–H and O–H groups in total. The second-order valence-corrected chi connectivity index (χ2v) is 7.21. The molecule has 3 rings (SSSR count). The summed E-state index contributed by atoms with van der Waals surface area (Å²) < 4.78 is 6.19. The molecule has 3 aromatic carbocycles. The molecule has 0 aromatic heterocycles. The number of hydrogen-bond acceptors (Lipinski definition) is 3. The van der Waals surface area contributed by atoms with Crippen LogP contribution in [-0.4, -0.2) is 19.4 Å². The maximum atomic E-state index is 7.56. The molecule has 1 unspecified atom stereocenters. The summed E-state index contributed by atoms with van der Waals surface area (Å²) in [5.41, 5.74) is 4.50.